The molecule has 0 heterocycles. The number of hydrogen-bond acceptors (Lipinski definition) is 2. The van der Waals surface area contributed by atoms with Crippen LogP contribution in [0.25, 0.3) is 0 Å². The minimum atomic E-state index is -0.0609. The van der Waals surface area contributed by atoms with E-state index in [4.69, 9.17) is 0 Å². The van der Waals surface area contributed by atoms with Gasteiger partial charge < -0.3 is 5.32 Å². The summed E-state index contributed by atoms with van der Waals surface area (Å²) in [5.41, 5.74) is 1.46. The first-order chi connectivity index (χ1) is 7.69. The average Bonchev–Trinajstić information content (AvgIpc) is 2.27. The molecule has 0 fully saturated rings. The van der Waals surface area contributed by atoms with E-state index in [1.54, 1.807) is 36.5 Å². The van der Waals surface area contributed by atoms with E-state index in [0.717, 1.165) is 5.69 Å². The van der Waals surface area contributed by atoms with Crippen LogP contribution >= 0.6 is 0 Å². The SMILES string of the molecule is C/C=C\N(C(C)=O)c1ccc(NC=O)cc1. The lowest BCUT2D eigenvalue weighted by molar-refractivity contribution is -0.116. The fourth-order valence-corrected chi connectivity index (χ4v) is 1.31. The second-order valence-electron chi connectivity index (χ2n) is 3.18. The van der Waals surface area contributed by atoms with Crippen molar-refractivity contribution in [1.29, 1.82) is 0 Å². The molecule has 84 valence electrons. The molecular formula is C12H14N2O2. The van der Waals surface area contributed by atoms with E-state index in [0.29, 0.717) is 12.1 Å². The van der Waals surface area contributed by atoms with E-state index in [-0.39, 0.29) is 5.91 Å². The number of hydrogen-bond donors (Lipinski definition) is 1. The van der Waals surface area contributed by atoms with Gasteiger partial charge in [-0.2, -0.15) is 0 Å². The van der Waals surface area contributed by atoms with Gasteiger partial charge in [0.2, 0.25) is 12.3 Å². The monoisotopic (exact) mass is 218 g/mol. The second-order valence-corrected chi connectivity index (χ2v) is 3.18. The zero-order chi connectivity index (χ0) is 12.0. The Morgan fingerprint density at radius 2 is 1.94 bits per heavy atom. The van der Waals surface area contributed by atoms with Crippen molar-refractivity contribution in [2.75, 3.05) is 10.2 Å². The third kappa shape index (κ3) is 2.95. The van der Waals surface area contributed by atoms with E-state index in [1.165, 1.54) is 11.8 Å². The van der Waals surface area contributed by atoms with Crippen LogP contribution in [-0.4, -0.2) is 12.3 Å². The van der Waals surface area contributed by atoms with Crippen LogP contribution in [0.5, 0.6) is 0 Å². The van der Waals surface area contributed by atoms with Crippen LogP contribution in [0.2, 0.25) is 0 Å². The van der Waals surface area contributed by atoms with Gasteiger partial charge in [0.05, 0.1) is 0 Å². The van der Waals surface area contributed by atoms with Crippen molar-refractivity contribution < 1.29 is 9.59 Å². The molecule has 0 aliphatic carbocycles. The highest BCUT2D eigenvalue weighted by atomic mass is 16.2. The van der Waals surface area contributed by atoms with Crippen molar-refractivity contribution in [3.8, 4) is 0 Å². The molecule has 0 bridgehead atoms. The van der Waals surface area contributed by atoms with E-state index in [9.17, 15) is 9.59 Å². The quantitative estimate of drug-likeness (QED) is 0.787. The molecule has 16 heavy (non-hydrogen) atoms. The van der Waals surface area contributed by atoms with Gasteiger partial charge in [-0.05, 0) is 31.2 Å². The fourth-order valence-electron chi connectivity index (χ4n) is 1.31. The molecule has 0 saturated carbocycles. The van der Waals surface area contributed by atoms with Gasteiger partial charge >= 0.3 is 0 Å². The molecule has 0 aromatic heterocycles. The third-order valence-electron chi connectivity index (χ3n) is 2.01. The summed E-state index contributed by atoms with van der Waals surface area (Å²) in [6, 6.07) is 7.02. The van der Waals surface area contributed by atoms with Crippen LogP contribution in [0.15, 0.2) is 36.5 Å². The molecule has 0 radical (unpaired) electrons. The van der Waals surface area contributed by atoms with Gasteiger partial charge in [-0.1, -0.05) is 6.08 Å². The first kappa shape index (κ1) is 12.0. The third-order valence-corrected chi connectivity index (χ3v) is 2.01. The molecule has 1 aromatic rings. The van der Waals surface area contributed by atoms with Crippen LogP contribution in [0.4, 0.5) is 11.4 Å². The number of carbonyl (C=O) groups excluding carboxylic acids is 2. The molecule has 0 aliphatic rings. The predicted octanol–water partition coefficient (Wildman–Crippen LogP) is 2.14. The number of carbonyl (C=O) groups is 2. The van der Waals surface area contributed by atoms with Gasteiger partial charge in [-0.3, -0.25) is 14.5 Å². The summed E-state index contributed by atoms with van der Waals surface area (Å²) in [6.45, 7) is 3.34. The van der Waals surface area contributed by atoms with Gasteiger partial charge in [0.25, 0.3) is 0 Å². The van der Waals surface area contributed by atoms with Crippen LogP contribution in [0, 0.1) is 0 Å². The van der Waals surface area contributed by atoms with Crippen molar-refractivity contribution in [3.63, 3.8) is 0 Å². The average molecular weight is 218 g/mol. The van der Waals surface area contributed by atoms with Gasteiger partial charge in [-0.25, -0.2) is 0 Å². The maximum absolute atomic E-state index is 11.3. The minimum absolute atomic E-state index is 0.0609. The molecule has 1 N–H and O–H groups in total. The summed E-state index contributed by atoms with van der Waals surface area (Å²) < 4.78 is 0. The molecule has 1 aromatic carbocycles. The van der Waals surface area contributed by atoms with Crippen molar-refractivity contribution in [1.82, 2.24) is 0 Å². The van der Waals surface area contributed by atoms with Crippen molar-refractivity contribution in [2.24, 2.45) is 0 Å². The Labute approximate surface area is 94.6 Å². The summed E-state index contributed by atoms with van der Waals surface area (Å²) >= 11 is 0. The molecule has 4 heteroatoms. The van der Waals surface area contributed by atoms with Crippen LogP contribution < -0.4 is 10.2 Å². The molecule has 0 atom stereocenters. The van der Waals surface area contributed by atoms with Crippen molar-refractivity contribution in [2.45, 2.75) is 13.8 Å². The largest absolute Gasteiger partial charge is 0.329 e. The molecule has 0 saturated heterocycles. The zero-order valence-electron chi connectivity index (χ0n) is 9.31. The number of rotatable bonds is 4. The van der Waals surface area contributed by atoms with Crippen LogP contribution in [-0.2, 0) is 9.59 Å². The summed E-state index contributed by atoms with van der Waals surface area (Å²) in [4.78, 5) is 23.1. The Hall–Kier alpha value is -2.10. The topological polar surface area (TPSA) is 49.4 Å². The Morgan fingerprint density at radius 1 is 1.31 bits per heavy atom. The number of benzene rings is 1. The van der Waals surface area contributed by atoms with Gasteiger partial charge in [-0.15, -0.1) is 0 Å². The van der Waals surface area contributed by atoms with E-state index < -0.39 is 0 Å². The number of allylic oxidation sites excluding steroid dienone is 1. The fraction of sp³-hybridized carbons (Fsp3) is 0.167. The smallest absolute Gasteiger partial charge is 0.227 e. The maximum Gasteiger partial charge on any atom is 0.227 e. The molecule has 0 spiro atoms. The lowest BCUT2D eigenvalue weighted by atomic mass is 10.2. The first-order valence-corrected chi connectivity index (χ1v) is 4.92. The molecule has 1 rings (SSSR count). The van der Waals surface area contributed by atoms with E-state index in [2.05, 4.69) is 5.32 Å². The minimum Gasteiger partial charge on any atom is -0.329 e. The second kappa shape index (κ2) is 5.70. The number of amides is 2. The Morgan fingerprint density at radius 3 is 2.38 bits per heavy atom. The Balaban J connectivity index is 2.93. The Kier molecular flexibility index (Phi) is 4.27. The lowest BCUT2D eigenvalue weighted by Crippen LogP contribution is -2.21. The van der Waals surface area contributed by atoms with Crippen LogP contribution in [0.3, 0.4) is 0 Å². The van der Waals surface area contributed by atoms with E-state index in [1.807, 2.05) is 6.92 Å². The summed E-state index contributed by atoms with van der Waals surface area (Å²) in [7, 11) is 0. The number of nitrogens with one attached hydrogen (secondary N) is 1. The van der Waals surface area contributed by atoms with Crippen molar-refractivity contribution in [3.05, 3.63) is 36.5 Å². The molecule has 2 amide bonds. The summed E-state index contributed by atoms with van der Waals surface area (Å²) in [6.07, 6.45) is 4.10. The normalized spacial score (nSPS) is 10.1. The molecular weight excluding hydrogens is 204 g/mol. The first-order valence-electron chi connectivity index (χ1n) is 4.92. The highest BCUT2D eigenvalue weighted by Gasteiger charge is 2.06. The predicted molar refractivity (Wildman–Crippen MR) is 64.1 cm³/mol. The zero-order valence-corrected chi connectivity index (χ0v) is 9.31. The summed E-state index contributed by atoms with van der Waals surface area (Å²) in [5, 5.41) is 2.53. The van der Waals surface area contributed by atoms with Gasteiger partial charge in [0.15, 0.2) is 0 Å². The van der Waals surface area contributed by atoms with E-state index >= 15 is 0 Å². The standard InChI is InChI=1S/C12H14N2O2/c1-3-8-14(10(2)16)12-6-4-11(5-7-12)13-9-15/h3-9H,1-2H3,(H,13,15)/b8-3-. The summed E-state index contributed by atoms with van der Waals surface area (Å²) in [5.74, 6) is -0.0609. The maximum atomic E-state index is 11.3. The molecule has 4 nitrogen and oxygen atoms in total. The highest BCUT2D eigenvalue weighted by molar-refractivity contribution is 5.93. The number of nitrogens with zero attached hydrogens (tertiary/aromatic N) is 1. The molecule has 0 aliphatic heterocycles. The molecule has 0 unspecified atom stereocenters. The van der Waals surface area contributed by atoms with Crippen LogP contribution in [0.1, 0.15) is 13.8 Å². The van der Waals surface area contributed by atoms with Gasteiger partial charge in [0.1, 0.15) is 0 Å². The lowest BCUT2D eigenvalue weighted by Gasteiger charge is -2.16. The Bertz CT molecular complexity index is 396. The highest BCUT2D eigenvalue weighted by Crippen LogP contribution is 2.18. The number of anilines is 2. The van der Waals surface area contributed by atoms with Gasteiger partial charge in [0, 0.05) is 24.5 Å². The van der Waals surface area contributed by atoms with Crippen molar-refractivity contribution >= 4 is 23.7 Å².